The van der Waals surface area contributed by atoms with E-state index in [0.717, 1.165) is 24.0 Å². The molecule has 0 radical (unpaired) electrons. The van der Waals surface area contributed by atoms with E-state index < -0.39 is 0 Å². The lowest BCUT2D eigenvalue weighted by Crippen LogP contribution is -2.07. The predicted octanol–water partition coefficient (Wildman–Crippen LogP) is 3.95. The Bertz CT molecular complexity index is 655. The molecule has 0 aliphatic rings. The van der Waals surface area contributed by atoms with E-state index in [-0.39, 0.29) is 11.0 Å². The van der Waals surface area contributed by atoms with E-state index in [2.05, 4.69) is 12.1 Å². The zero-order chi connectivity index (χ0) is 16.5. The third kappa shape index (κ3) is 6.28. The molecule has 3 nitrogen and oxygen atoms in total. The molecule has 2 rings (SSSR count). The quantitative estimate of drug-likeness (QED) is 0.570. The summed E-state index contributed by atoms with van der Waals surface area (Å²) in [4.78, 5) is 12.2. The molecule has 0 saturated carbocycles. The van der Waals surface area contributed by atoms with Gasteiger partial charge in [-0.2, -0.15) is 0 Å². The maximum atomic E-state index is 12.2. The second kappa shape index (κ2) is 9.16. The highest BCUT2D eigenvalue weighted by molar-refractivity contribution is 8.13. The number of Topliss-reactive ketones (excluding diaryl/α,β-unsaturated/α-hetero) is 1. The van der Waals surface area contributed by atoms with Gasteiger partial charge in [0.1, 0.15) is 5.78 Å². The van der Waals surface area contributed by atoms with Gasteiger partial charge in [0.2, 0.25) is 0 Å². The van der Waals surface area contributed by atoms with Crippen LogP contribution in [0.3, 0.4) is 0 Å². The summed E-state index contributed by atoms with van der Waals surface area (Å²) < 4.78 is 0. The van der Waals surface area contributed by atoms with E-state index in [9.17, 15) is 4.79 Å². The summed E-state index contributed by atoms with van der Waals surface area (Å²) in [5, 5.41) is 7.41. The molecular weight excluding hydrogens is 304 g/mol. The first-order chi connectivity index (χ1) is 11.1. The van der Waals surface area contributed by atoms with Crippen molar-refractivity contribution in [3.63, 3.8) is 0 Å². The van der Waals surface area contributed by atoms with Crippen molar-refractivity contribution in [2.75, 3.05) is 0 Å². The van der Waals surface area contributed by atoms with Crippen molar-refractivity contribution in [1.29, 1.82) is 5.41 Å². The van der Waals surface area contributed by atoms with Gasteiger partial charge in [0, 0.05) is 18.6 Å². The van der Waals surface area contributed by atoms with Crippen LogP contribution in [0.5, 0.6) is 0 Å². The van der Waals surface area contributed by atoms with Gasteiger partial charge in [-0.15, -0.1) is 0 Å². The van der Waals surface area contributed by atoms with Crippen molar-refractivity contribution in [2.24, 2.45) is 5.73 Å². The van der Waals surface area contributed by atoms with Crippen LogP contribution < -0.4 is 5.73 Å². The Morgan fingerprint density at radius 2 is 1.65 bits per heavy atom. The van der Waals surface area contributed by atoms with Crippen LogP contribution in [0.2, 0.25) is 0 Å². The van der Waals surface area contributed by atoms with Gasteiger partial charge >= 0.3 is 0 Å². The first kappa shape index (κ1) is 17.3. The molecule has 2 aromatic carbocycles. The maximum Gasteiger partial charge on any atom is 0.151 e. The summed E-state index contributed by atoms with van der Waals surface area (Å²) >= 11 is 1.29. The molecule has 3 N–H and O–H groups in total. The lowest BCUT2D eigenvalue weighted by molar-refractivity contribution is -0.118. The highest BCUT2D eigenvalue weighted by Crippen LogP contribution is 2.18. The van der Waals surface area contributed by atoms with Crippen molar-refractivity contribution < 1.29 is 4.79 Å². The van der Waals surface area contributed by atoms with E-state index in [1.54, 1.807) is 0 Å². The summed E-state index contributed by atoms with van der Waals surface area (Å²) in [5.41, 5.74) is 8.80. The Hall–Kier alpha value is -2.07. The van der Waals surface area contributed by atoms with Crippen LogP contribution in [0.1, 0.15) is 29.5 Å². The van der Waals surface area contributed by atoms with E-state index in [0.29, 0.717) is 18.6 Å². The minimum absolute atomic E-state index is 0.106. The molecule has 0 heterocycles. The molecule has 0 aromatic heterocycles. The van der Waals surface area contributed by atoms with Crippen molar-refractivity contribution in [2.45, 2.75) is 31.4 Å². The smallest absolute Gasteiger partial charge is 0.151 e. The molecule has 0 spiro atoms. The number of ketones is 1. The van der Waals surface area contributed by atoms with Crippen LogP contribution in [0.25, 0.3) is 0 Å². The normalized spacial score (nSPS) is 10.4. The second-order valence-electron chi connectivity index (χ2n) is 5.48. The van der Waals surface area contributed by atoms with Crippen LogP contribution in [0.4, 0.5) is 0 Å². The van der Waals surface area contributed by atoms with Crippen molar-refractivity contribution in [3.05, 3.63) is 71.3 Å². The molecule has 0 aliphatic carbocycles. The molecule has 23 heavy (non-hydrogen) atoms. The van der Waals surface area contributed by atoms with Gasteiger partial charge in [0.25, 0.3) is 0 Å². The third-order valence-corrected chi connectivity index (χ3v) is 4.42. The van der Waals surface area contributed by atoms with Crippen LogP contribution in [-0.2, 0) is 23.4 Å². The number of nitrogens with two attached hydrogens (primary N) is 1. The number of hydrogen-bond donors (Lipinski definition) is 2. The molecule has 0 aliphatic heterocycles. The number of benzene rings is 2. The van der Waals surface area contributed by atoms with E-state index in [4.69, 9.17) is 11.1 Å². The summed E-state index contributed by atoms with van der Waals surface area (Å²) in [5.74, 6) is 0.907. The summed E-state index contributed by atoms with van der Waals surface area (Å²) in [7, 11) is 0. The van der Waals surface area contributed by atoms with E-state index >= 15 is 0 Å². The Balaban J connectivity index is 1.84. The number of amidine groups is 1. The largest absolute Gasteiger partial charge is 0.379 e. The second-order valence-corrected chi connectivity index (χ2v) is 6.49. The lowest BCUT2D eigenvalue weighted by atomic mass is 9.99. The number of carbonyl (C=O) groups is 1. The number of nitrogens with one attached hydrogen (secondary N) is 1. The van der Waals surface area contributed by atoms with E-state index in [1.165, 1.54) is 17.3 Å². The number of thioether (sulfide) groups is 1. The van der Waals surface area contributed by atoms with Gasteiger partial charge in [0.15, 0.2) is 5.17 Å². The van der Waals surface area contributed by atoms with Gasteiger partial charge in [-0.25, -0.2) is 0 Å². The fourth-order valence-corrected chi connectivity index (χ4v) is 3.05. The Morgan fingerprint density at radius 1 is 1.00 bits per heavy atom. The SMILES string of the molecule is N=C(N)SCc1ccccc1CC(=O)CCCc1ccccc1. The van der Waals surface area contributed by atoms with Crippen molar-refractivity contribution in [3.8, 4) is 0 Å². The van der Waals surface area contributed by atoms with Crippen LogP contribution in [0, 0.1) is 5.41 Å². The minimum atomic E-state index is 0.106. The molecule has 2 aromatic rings. The van der Waals surface area contributed by atoms with Gasteiger partial charge in [-0.05, 0) is 29.5 Å². The van der Waals surface area contributed by atoms with Crippen LogP contribution in [0.15, 0.2) is 54.6 Å². The highest BCUT2D eigenvalue weighted by atomic mass is 32.2. The summed E-state index contributed by atoms with van der Waals surface area (Å²) in [6.45, 7) is 0. The Kier molecular flexibility index (Phi) is 6.88. The van der Waals surface area contributed by atoms with Gasteiger partial charge < -0.3 is 5.73 Å². The Morgan fingerprint density at radius 3 is 2.35 bits per heavy atom. The number of carbonyl (C=O) groups excluding carboxylic acids is 1. The molecule has 0 fully saturated rings. The van der Waals surface area contributed by atoms with Gasteiger partial charge in [-0.1, -0.05) is 66.4 Å². The third-order valence-electron chi connectivity index (χ3n) is 3.65. The average Bonchev–Trinajstić information content (AvgIpc) is 2.55. The average molecular weight is 326 g/mol. The fraction of sp³-hybridized carbons (Fsp3) is 0.263. The summed E-state index contributed by atoms with van der Waals surface area (Å²) in [6.07, 6.45) is 2.88. The molecule has 4 heteroatoms. The molecular formula is C19H22N2OS. The van der Waals surface area contributed by atoms with Gasteiger partial charge in [0.05, 0.1) is 0 Å². The predicted molar refractivity (Wildman–Crippen MR) is 97.7 cm³/mol. The fourth-order valence-electron chi connectivity index (χ4n) is 2.46. The molecule has 0 amide bonds. The number of hydrogen-bond acceptors (Lipinski definition) is 3. The number of aryl methyl sites for hydroxylation is 1. The van der Waals surface area contributed by atoms with Gasteiger partial charge in [-0.3, -0.25) is 10.2 Å². The summed E-state index contributed by atoms with van der Waals surface area (Å²) in [6, 6.07) is 18.2. The van der Waals surface area contributed by atoms with Crippen molar-refractivity contribution >= 4 is 22.7 Å². The lowest BCUT2D eigenvalue weighted by Gasteiger charge is -2.08. The standard InChI is InChI=1S/C19H22N2OS/c20-19(21)23-14-17-11-5-4-10-16(17)13-18(22)12-6-9-15-7-2-1-3-8-15/h1-5,7-8,10-11H,6,9,12-14H2,(H3,20,21). The van der Waals surface area contributed by atoms with Crippen LogP contribution in [-0.4, -0.2) is 11.0 Å². The first-order valence-electron chi connectivity index (χ1n) is 7.74. The molecule has 0 unspecified atom stereocenters. The topological polar surface area (TPSA) is 66.9 Å². The molecule has 0 saturated heterocycles. The Labute approximate surface area is 141 Å². The van der Waals surface area contributed by atoms with Crippen LogP contribution >= 0.6 is 11.8 Å². The monoisotopic (exact) mass is 326 g/mol. The number of rotatable bonds is 8. The molecule has 0 bridgehead atoms. The minimum Gasteiger partial charge on any atom is -0.379 e. The zero-order valence-corrected chi connectivity index (χ0v) is 13.9. The van der Waals surface area contributed by atoms with E-state index in [1.807, 2.05) is 42.5 Å². The van der Waals surface area contributed by atoms with Crippen molar-refractivity contribution in [1.82, 2.24) is 0 Å². The highest BCUT2D eigenvalue weighted by Gasteiger charge is 2.08. The first-order valence-corrected chi connectivity index (χ1v) is 8.73. The zero-order valence-electron chi connectivity index (χ0n) is 13.1. The molecule has 0 atom stereocenters. The maximum absolute atomic E-state index is 12.2. The molecule has 120 valence electrons.